The molecule has 0 aliphatic heterocycles. The molecule has 1 aromatic heterocycles. The molecular formula is C28H22F6N4O2. The van der Waals surface area contributed by atoms with Gasteiger partial charge < -0.3 is 15.4 Å². The van der Waals surface area contributed by atoms with E-state index < -0.39 is 40.9 Å². The number of alkyl halides is 6. The zero-order valence-electron chi connectivity index (χ0n) is 20.8. The van der Waals surface area contributed by atoms with Gasteiger partial charge in [0.2, 0.25) is 5.95 Å². The Morgan fingerprint density at radius 1 is 0.825 bits per heavy atom. The van der Waals surface area contributed by atoms with Crippen molar-refractivity contribution in [3.63, 3.8) is 0 Å². The molecule has 208 valence electrons. The van der Waals surface area contributed by atoms with Gasteiger partial charge in [0.05, 0.1) is 24.2 Å². The highest BCUT2D eigenvalue weighted by Crippen LogP contribution is 2.39. The molecule has 0 fully saturated rings. The van der Waals surface area contributed by atoms with Crippen LogP contribution in [0.4, 0.5) is 49.5 Å². The molecule has 12 heteroatoms. The fraction of sp³-hybridized carbons (Fsp3) is 0.179. The minimum Gasteiger partial charge on any atom is -0.469 e. The van der Waals surface area contributed by atoms with E-state index in [0.717, 1.165) is 7.11 Å². The van der Waals surface area contributed by atoms with Gasteiger partial charge in [-0.1, -0.05) is 36.4 Å². The second kappa shape index (κ2) is 11.6. The van der Waals surface area contributed by atoms with Crippen molar-refractivity contribution in [3.05, 3.63) is 107 Å². The van der Waals surface area contributed by atoms with Crippen LogP contribution in [0.3, 0.4) is 0 Å². The number of carbonyl (C=O) groups excluding carboxylic acids is 1. The fourth-order valence-corrected chi connectivity index (χ4v) is 3.91. The highest BCUT2D eigenvalue weighted by atomic mass is 19.4. The Hall–Kier alpha value is -4.61. The van der Waals surface area contributed by atoms with Crippen LogP contribution in [0.2, 0.25) is 0 Å². The Morgan fingerprint density at radius 3 is 1.85 bits per heavy atom. The molecule has 6 nitrogen and oxygen atoms in total. The van der Waals surface area contributed by atoms with E-state index in [1.54, 1.807) is 54.6 Å². The summed E-state index contributed by atoms with van der Waals surface area (Å²) in [5, 5.41) is 6.10. The molecule has 0 aliphatic carbocycles. The number of ether oxygens (including phenoxy) is 1. The molecule has 4 rings (SSSR count). The Balaban J connectivity index is 1.78. The van der Waals surface area contributed by atoms with Gasteiger partial charge in [-0.2, -0.15) is 31.3 Å². The first-order valence-electron chi connectivity index (χ1n) is 11.8. The lowest BCUT2D eigenvalue weighted by atomic mass is 9.89. The van der Waals surface area contributed by atoms with E-state index in [9.17, 15) is 31.1 Å². The number of para-hydroxylation sites is 2. The first-order valence-corrected chi connectivity index (χ1v) is 11.8. The second-order valence-electron chi connectivity index (χ2n) is 8.67. The average Bonchev–Trinajstić information content (AvgIpc) is 2.92. The predicted octanol–water partition coefficient (Wildman–Crippen LogP) is 7.50. The number of anilines is 4. The van der Waals surface area contributed by atoms with Crippen LogP contribution in [-0.4, -0.2) is 23.0 Å². The largest absolute Gasteiger partial charge is 0.469 e. The summed E-state index contributed by atoms with van der Waals surface area (Å²) in [6, 6.07) is 18.8. The van der Waals surface area contributed by atoms with Crippen LogP contribution in [0.5, 0.6) is 0 Å². The highest BCUT2D eigenvalue weighted by Gasteiger charge is 2.38. The minimum absolute atomic E-state index is 0.00732. The summed E-state index contributed by atoms with van der Waals surface area (Å²) >= 11 is 0. The predicted molar refractivity (Wildman–Crippen MR) is 136 cm³/mol. The number of nitrogens with one attached hydrogen (secondary N) is 2. The number of nitrogens with zero attached hydrogens (tertiary/aromatic N) is 2. The lowest BCUT2D eigenvalue weighted by Gasteiger charge is -2.21. The van der Waals surface area contributed by atoms with Crippen molar-refractivity contribution in [2.45, 2.75) is 24.7 Å². The summed E-state index contributed by atoms with van der Waals surface area (Å²) < 4.78 is 85.9. The first kappa shape index (κ1) is 28.4. The van der Waals surface area contributed by atoms with Crippen molar-refractivity contribution < 1.29 is 35.9 Å². The number of carbonyl (C=O) groups is 1. The highest BCUT2D eigenvalue weighted by molar-refractivity contribution is 5.79. The van der Waals surface area contributed by atoms with Crippen LogP contribution in [0.1, 0.15) is 28.2 Å². The Morgan fingerprint density at radius 2 is 1.35 bits per heavy atom. The second-order valence-corrected chi connectivity index (χ2v) is 8.67. The minimum atomic E-state index is -5.08. The fourth-order valence-electron chi connectivity index (χ4n) is 3.91. The van der Waals surface area contributed by atoms with E-state index in [4.69, 9.17) is 4.74 Å². The van der Waals surface area contributed by atoms with Gasteiger partial charge in [0.1, 0.15) is 5.82 Å². The summed E-state index contributed by atoms with van der Waals surface area (Å²) in [6.07, 6.45) is -9.17. The van der Waals surface area contributed by atoms with Crippen molar-refractivity contribution in [2.24, 2.45) is 0 Å². The van der Waals surface area contributed by atoms with E-state index in [0.29, 0.717) is 23.5 Å². The van der Waals surface area contributed by atoms with Crippen molar-refractivity contribution in [3.8, 4) is 0 Å². The third-order valence-electron chi connectivity index (χ3n) is 5.85. The molecule has 40 heavy (non-hydrogen) atoms. The number of halogens is 6. The molecule has 0 saturated carbocycles. The maximum absolute atomic E-state index is 13.5. The zero-order valence-corrected chi connectivity index (χ0v) is 20.8. The monoisotopic (exact) mass is 560 g/mol. The van der Waals surface area contributed by atoms with Crippen LogP contribution in [0, 0.1) is 0 Å². The van der Waals surface area contributed by atoms with E-state index >= 15 is 0 Å². The molecule has 3 aromatic carbocycles. The van der Waals surface area contributed by atoms with E-state index in [1.807, 2.05) is 6.07 Å². The molecule has 0 bridgehead atoms. The van der Waals surface area contributed by atoms with Crippen LogP contribution in [0.25, 0.3) is 0 Å². The molecule has 4 aromatic rings. The van der Waals surface area contributed by atoms with E-state index in [2.05, 4.69) is 20.6 Å². The molecule has 1 unspecified atom stereocenters. The van der Waals surface area contributed by atoms with Crippen LogP contribution < -0.4 is 10.6 Å². The number of benzene rings is 3. The van der Waals surface area contributed by atoms with Crippen molar-refractivity contribution in [2.75, 3.05) is 17.7 Å². The molecular weight excluding hydrogens is 538 g/mol. The zero-order chi connectivity index (χ0) is 28.9. The van der Waals surface area contributed by atoms with Crippen LogP contribution >= 0.6 is 0 Å². The standard InChI is InChI=1S/C28H22F6N4O2/c1-40-25(39)23(17-12-19(27(29,30)31)15-20(13-17)28(32,33)34)14-18-16-35-26(37-22-10-6-3-7-11-22)38-24(18)36-21-8-4-2-5-9-21/h2-13,15-16,23H,14H2,1H3,(H2,35,36,37,38). The summed E-state index contributed by atoms with van der Waals surface area (Å²) in [4.78, 5) is 21.5. The Kier molecular flexibility index (Phi) is 8.26. The molecule has 1 heterocycles. The molecule has 0 aliphatic rings. The van der Waals surface area contributed by atoms with Gasteiger partial charge in [-0.3, -0.25) is 4.79 Å². The third-order valence-corrected chi connectivity index (χ3v) is 5.85. The van der Waals surface area contributed by atoms with Crippen molar-refractivity contribution in [1.29, 1.82) is 0 Å². The molecule has 0 spiro atoms. The number of esters is 1. The maximum Gasteiger partial charge on any atom is 0.416 e. The van der Waals surface area contributed by atoms with E-state index in [1.165, 1.54) is 6.20 Å². The lowest BCUT2D eigenvalue weighted by Crippen LogP contribution is -2.20. The number of rotatable bonds is 8. The molecule has 0 amide bonds. The van der Waals surface area contributed by atoms with Gasteiger partial charge in [-0.25, -0.2) is 4.98 Å². The smallest absolute Gasteiger partial charge is 0.416 e. The quantitative estimate of drug-likeness (QED) is 0.172. The van der Waals surface area contributed by atoms with Gasteiger partial charge in [0, 0.05) is 23.1 Å². The summed E-state index contributed by atoms with van der Waals surface area (Å²) in [6.45, 7) is 0. The number of methoxy groups -OCH3 is 1. The normalized spacial score (nSPS) is 12.5. The first-order chi connectivity index (χ1) is 18.9. The van der Waals surface area contributed by atoms with Crippen LogP contribution in [-0.2, 0) is 28.3 Å². The van der Waals surface area contributed by atoms with Crippen molar-refractivity contribution >= 4 is 29.1 Å². The van der Waals surface area contributed by atoms with E-state index in [-0.39, 0.29) is 29.8 Å². The average molecular weight is 560 g/mol. The number of hydrogen-bond acceptors (Lipinski definition) is 6. The topological polar surface area (TPSA) is 76.1 Å². The maximum atomic E-state index is 13.5. The van der Waals surface area contributed by atoms with Gasteiger partial charge in [-0.05, 0) is 54.4 Å². The Bertz CT molecular complexity index is 1430. The SMILES string of the molecule is COC(=O)C(Cc1cnc(Nc2ccccc2)nc1Nc1ccccc1)c1cc(C(F)(F)F)cc(C(F)(F)F)c1. The summed E-state index contributed by atoms with van der Waals surface area (Å²) in [5.41, 5.74) is -2.05. The number of hydrogen-bond donors (Lipinski definition) is 2. The van der Waals surface area contributed by atoms with Gasteiger partial charge in [0.25, 0.3) is 0 Å². The summed E-state index contributed by atoms with van der Waals surface area (Å²) in [7, 11) is 1.00. The van der Waals surface area contributed by atoms with Gasteiger partial charge >= 0.3 is 18.3 Å². The van der Waals surface area contributed by atoms with Gasteiger partial charge in [-0.15, -0.1) is 0 Å². The molecule has 0 saturated heterocycles. The van der Waals surface area contributed by atoms with Crippen molar-refractivity contribution in [1.82, 2.24) is 9.97 Å². The number of aromatic nitrogens is 2. The molecule has 0 radical (unpaired) electrons. The summed E-state index contributed by atoms with van der Waals surface area (Å²) in [5.74, 6) is -2.19. The molecule has 1 atom stereocenters. The lowest BCUT2D eigenvalue weighted by molar-refractivity contribution is -0.145. The third kappa shape index (κ3) is 7.07. The Labute approximate surface area is 225 Å². The van der Waals surface area contributed by atoms with Gasteiger partial charge in [0.15, 0.2) is 0 Å². The molecule has 2 N–H and O–H groups in total. The van der Waals surface area contributed by atoms with Crippen LogP contribution in [0.15, 0.2) is 85.1 Å².